The molecule has 0 heterocycles. The fourth-order valence-corrected chi connectivity index (χ4v) is 1.91. The fourth-order valence-electron chi connectivity index (χ4n) is 1.91. The van der Waals surface area contributed by atoms with Crippen LogP contribution in [0.25, 0.3) is 0 Å². The van der Waals surface area contributed by atoms with Gasteiger partial charge in [0.2, 0.25) is 0 Å². The first-order valence-corrected chi connectivity index (χ1v) is 6.84. The number of ether oxygens (including phenoxy) is 1. The molecule has 4 nitrogen and oxygen atoms in total. The molecule has 1 aromatic rings. The van der Waals surface area contributed by atoms with E-state index >= 15 is 0 Å². The van der Waals surface area contributed by atoms with Crippen molar-refractivity contribution in [2.75, 3.05) is 26.2 Å². The molecule has 0 aliphatic rings. The van der Waals surface area contributed by atoms with Crippen molar-refractivity contribution < 1.29 is 14.9 Å². The van der Waals surface area contributed by atoms with Crippen molar-refractivity contribution in [2.45, 2.75) is 33.0 Å². The van der Waals surface area contributed by atoms with E-state index in [-0.39, 0.29) is 12.7 Å². The molecule has 0 aromatic heterocycles. The molecule has 2 N–H and O–H groups in total. The zero-order chi connectivity index (χ0) is 14.3. The molecule has 1 atom stereocenters. The summed E-state index contributed by atoms with van der Waals surface area (Å²) in [6, 6.07) is 7.52. The lowest BCUT2D eigenvalue weighted by atomic mass is 10.1. The molecule has 0 spiro atoms. The summed E-state index contributed by atoms with van der Waals surface area (Å²) < 4.78 is 5.56. The molecule has 0 aliphatic heterocycles. The first kappa shape index (κ1) is 16.0. The van der Waals surface area contributed by atoms with Crippen LogP contribution in [-0.2, 0) is 0 Å². The van der Waals surface area contributed by atoms with Crippen LogP contribution < -0.4 is 4.74 Å². The van der Waals surface area contributed by atoms with Crippen molar-refractivity contribution in [3.8, 4) is 5.75 Å². The average molecular weight is 267 g/mol. The van der Waals surface area contributed by atoms with Crippen molar-refractivity contribution in [3.05, 3.63) is 29.8 Å². The van der Waals surface area contributed by atoms with E-state index in [1.54, 1.807) is 0 Å². The highest BCUT2D eigenvalue weighted by atomic mass is 16.5. The van der Waals surface area contributed by atoms with E-state index in [1.807, 2.05) is 49.9 Å². The van der Waals surface area contributed by atoms with E-state index < -0.39 is 6.10 Å². The van der Waals surface area contributed by atoms with Crippen LogP contribution in [0.2, 0.25) is 0 Å². The number of hydrogen-bond donors (Lipinski definition) is 2. The minimum atomic E-state index is -0.542. The quantitative estimate of drug-likeness (QED) is 0.754. The Hall–Kier alpha value is -1.10. The SMILES string of the molecule is CCN(CCO)CC(O)c1ccc(OC(C)C)cc1. The van der Waals surface area contributed by atoms with E-state index in [2.05, 4.69) is 0 Å². The highest BCUT2D eigenvalue weighted by Crippen LogP contribution is 2.19. The molecule has 1 rings (SSSR count). The highest BCUT2D eigenvalue weighted by molar-refractivity contribution is 5.28. The second-order valence-corrected chi connectivity index (χ2v) is 4.87. The van der Waals surface area contributed by atoms with E-state index in [0.717, 1.165) is 17.9 Å². The van der Waals surface area contributed by atoms with Gasteiger partial charge in [-0.05, 0) is 38.1 Å². The van der Waals surface area contributed by atoms with Crippen LogP contribution >= 0.6 is 0 Å². The van der Waals surface area contributed by atoms with Crippen LogP contribution in [0.5, 0.6) is 5.75 Å². The van der Waals surface area contributed by atoms with E-state index in [0.29, 0.717) is 13.1 Å². The summed E-state index contributed by atoms with van der Waals surface area (Å²) in [6.45, 7) is 8.02. The summed E-state index contributed by atoms with van der Waals surface area (Å²) in [5.41, 5.74) is 0.868. The Labute approximate surface area is 115 Å². The van der Waals surface area contributed by atoms with Crippen LogP contribution in [0, 0.1) is 0 Å². The largest absolute Gasteiger partial charge is 0.491 e. The second-order valence-electron chi connectivity index (χ2n) is 4.87. The van der Waals surface area contributed by atoms with E-state index in [9.17, 15) is 5.11 Å². The molecule has 0 fully saturated rings. The first-order valence-electron chi connectivity index (χ1n) is 6.84. The van der Waals surface area contributed by atoms with E-state index in [4.69, 9.17) is 9.84 Å². The maximum absolute atomic E-state index is 10.2. The summed E-state index contributed by atoms with van der Waals surface area (Å²) in [6.07, 6.45) is -0.393. The third-order valence-electron chi connectivity index (χ3n) is 2.93. The number of nitrogens with zero attached hydrogens (tertiary/aromatic N) is 1. The molecule has 1 unspecified atom stereocenters. The van der Waals surface area contributed by atoms with Gasteiger partial charge in [0.15, 0.2) is 0 Å². The van der Waals surface area contributed by atoms with Gasteiger partial charge in [-0.3, -0.25) is 4.90 Å². The number of hydrogen-bond acceptors (Lipinski definition) is 4. The molecule has 0 radical (unpaired) electrons. The van der Waals surface area contributed by atoms with Gasteiger partial charge in [0.1, 0.15) is 5.75 Å². The smallest absolute Gasteiger partial charge is 0.119 e. The molecule has 0 amide bonds. The van der Waals surface area contributed by atoms with Gasteiger partial charge in [-0.1, -0.05) is 19.1 Å². The predicted octanol–water partition coefficient (Wildman–Crippen LogP) is 1.82. The van der Waals surface area contributed by atoms with Crippen LogP contribution in [0.1, 0.15) is 32.4 Å². The van der Waals surface area contributed by atoms with E-state index in [1.165, 1.54) is 0 Å². The van der Waals surface area contributed by atoms with Gasteiger partial charge >= 0.3 is 0 Å². The van der Waals surface area contributed by atoms with Crippen LogP contribution in [0.4, 0.5) is 0 Å². The Bertz CT molecular complexity index is 351. The van der Waals surface area contributed by atoms with Gasteiger partial charge in [0.05, 0.1) is 18.8 Å². The van der Waals surface area contributed by atoms with Gasteiger partial charge in [-0.25, -0.2) is 0 Å². The summed E-state index contributed by atoms with van der Waals surface area (Å²) in [5.74, 6) is 0.814. The Kier molecular flexibility index (Phi) is 6.84. The van der Waals surface area contributed by atoms with Crippen molar-refractivity contribution >= 4 is 0 Å². The highest BCUT2D eigenvalue weighted by Gasteiger charge is 2.12. The van der Waals surface area contributed by atoms with Gasteiger partial charge in [0, 0.05) is 13.1 Å². The Morgan fingerprint density at radius 1 is 1.21 bits per heavy atom. The van der Waals surface area contributed by atoms with Crippen LogP contribution in [-0.4, -0.2) is 47.5 Å². The van der Waals surface area contributed by atoms with Crippen LogP contribution in [0.3, 0.4) is 0 Å². The number of aliphatic hydroxyl groups excluding tert-OH is 2. The summed E-state index contributed by atoms with van der Waals surface area (Å²) in [4.78, 5) is 2.02. The minimum absolute atomic E-state index is 0.113. The number of likely N-dealkylation sites (N-methyl/N-ethyl adjacent to an activating group) is 1. The Balaban J connectivity index is 2.59. The lowest BCUT2D eigenvalue weighted by Gasteiger charge is -2.23. The lowest BCUT2D eigenvalue weighted by Crippen LogP contribution is -2.31. The molecule has 0 aliphatic carbocycles. The number of rotatable bonds is 8. The molecule has 4 heteroatoms. The summed E-state index contributed by atoms with van der Waals surface area (Å²) >= 11 is 0. The average Bonchev–Trinajstić information content (AvgIpc) is 2.38. The molecule has 1 aromatic carbocycles. The van der Waals surface area contributed by atoms with Crippen molar-refractivity contribution in [2.24, 2.45) is 0 Å². The van der Waals surface area contributed by atoms with Crippen molar-refractivity contribution in [1.29, 1.82) is 0 Å². The topological polar surface area (TPSA) is 52.9 Å². The molecule has 0 saturated carbocycles. The van der Waals surface area contributed by atoms with Crippen molar-refractivity contribution in [1.82, 2.24) is 4.90 Å². The summed E-state index contributed by atoms with van der Waals surface area (Å²) in [5, 5.41) is 19.1. The lowest BCUT2D eigenvalue weighted by molar-refractivity contribution is 0.103. The van der Waals surface area contributed by atoms with Gasteiger partial charge in [-0.15, -0.1) is 0 Å². The molecular formula is C15H25NO3. The molecule has 0 bridgehead atoms. The maximum atomic E-state index is 10.2. The first-order chi connectivity index (χ1) is 9.06. The zero-order valence-corrected chi connectivity index (χ0v) is 12.0. The minimum Gasteiger partial charge on any atom is -0.491 e. The van der Waals surface area contributed by atoms with Crippen molar-refractivity contribution in [3.63, 3.8) is 0 Å². The monoisotopic (exact) mass is 267 g/mol. The Morgan fingerprint density at radius 3 is 2.32 bits per heavy atom. The molecule has 108 valence electrons. The number of aliphatic hydroxyl groups is 2. The number of benzene rings is 1. The van der Waals surface area contributed by atoms with Gasteiger partial charge in [-0.2, -0.15) is 0 Å². The van der Waals surface area contributed by atoms with Gasteiger partial charge in [0.25, 0.3) is 0 Å². The second kappa shape index (κ2) is 8.15. The maximum Gasteiger partial charge on any atom is 0.119 e. The molecule has 0 saturated heterocycles. The van der Waals surface area contributed by atoms with Crippen LogP contribution in [0.15, 0.2) is 24.3 Å². The standard InChI is InChI=1S/C15H25NO3/c1-4-16(9-10-17)11-15(18)13-5-7-14(8-6-13)19-12(2)3/h5-8,12,15,17-18H,4,9-11H2,1-3H3. The molecule has 19 heavy (non-hydrogen) atoms. The third kappa shape index (κ3) is 5.59. The Morgan fingerprint density at radius 2 is 1.84 bits per heavy atom. The summed E-state index contributed by atoms with van der Waals surface area (Å²) in [7, 11) is 0. The predicted molar refractivity (Wildman–Crippen MR) is 76.4 cm³/mol. The zero-order valence-electron chi connectivity index (χ0n) is 12.0. The normalized spacial score (nSPS) is 13.0. The fraction of sp³-hybridized carbons (Fsp3) is 0.600. The third-order valence-corrected chi connectivity index (χ3v) is 2.93. The van der Waals surface area contributed by atoms with Gasteiger partial charge < -0.3 is 14.9 Å². The molecular weight excluding hydrogens is 242 g/mol.